The smallest absolute Gasteiger partial charge is 0.164 e. The van der Waals surface area contributed by atoms with Crippen LogP contribution in [0.25, 0.3) is 0 Å². The van der Waals surface area contributed by atoms with Crippen LogP contribution in [0.5, 0.6) is 5.75 Å². The number of carbonyl (C=O) groups is 1. The molecule has 1 aromatic carbocycles. The number of rotatable bonds is 5. The van der Waals surface area contributed by atoms with E-state index in [1.807, 2.05) is 32.9 Å². The Morgan fingerprint density at radius 2 is 2.12 bits per heavy atom. The van der Waals surface area contributed by atoms with Gasteiger partial charge >= 0.3 is 0 Å². The van der Waals surface area contributed by atoms with Crippen molar-refractivity contribution in [2.45, 2.75) is 33.3 Å². The maximum atomic E-state index is 11.6. The van der Waals surface area contributed by atoms with Crippen LogP contribution in [0.4, 0.5) is 0 Å². The number of ketones is 1. The summed E-state index contributed by atoms with van der Waals surface area (Å²) in [6.07, 6.45) is 0.536. The maximum absolute atomic E-state index is 11.6. The molecule has 0 fully saturated rings. The van der Waals surface area contributed by atoms with E-state index in [1.54, 1.807) is 6.07 Å². The number of benzene rings is 1. The molecule has 0 radical (unpaired) electrons. The summed E-state index contributed by atoms with van der Waals surface area (Å²) in [5.41, 5.74) is 7.05. The van der Waals surface area contributed by atoms with Gasteiger partial charge < -0.3 is 10.5 Å². The fourth-order valence-electron chi connectivity index (χ4n) is 1.48. The first kappa shape index (κ1) is 12.7. The van der Waals surface area contributed by atoms with Crippen molar-refractivity contribution in [3.63, 3.8) is 0 Å². The molecule has 0 heterocycles. The third kappa shape index (κ3) is 3.35. The quantitative estimate of drug-likeness (QED) is 0.776. The molecule has 2 N–H and O–H groups in total. The van der Waals surface area contributed by atoms with Crippen molar-refractivity contribution in [3.05, 3.63) is 29.3 Å². The fourth-order valence-corrected chi connectivity index (χ4v) is 1.48. The topological polar surface area (TPSA) is 52.3 Å². The molecule has 16 heavy (non-hydrogen) atoms. The lowest BCUT2D eigenvalue weighted by atomic mass is 10.1. The van der Waals surface area contributed by atoms with Gasteiger partial charge in [0.2, 0.25) is 0 Å². The molecule has 3 nitrogen and oxygen atoms in total. The SMILES string of the molecule is Cc1cc(C(=O)CCN)ccc1OC(C)C. The average molecular weight is 221 g/mol. The van der Waals surface area contributed by atoms with E-state index in [9.17, 15) is 4.79 Å². The van der Waals surface area contributed by atoms with Crippen LogP contribution in [0.3, 0.4) is 0 Å². The Morgan fingerprint density at radius 3 is 2.62 bits per heavy atom. The van der Waals surface area contributed by atoms with E-state index >= 15 is 0 Å². The van der Waals surface area contributed by atoms with Gasteiger partial charge in [0.1, 0.15) is 5.75 Å². The van der Waals surface area contributed by atoms with E-state index in [0.29, 0.717) is 18.5 Å². The van der Waals surface area contributed by atoms with Crippen molar-refractivity contribution in [1.82, 2.24) is 0 Å². The van der Waals surface area contributed by atoms with Crippen LogP contribution >= 0.6 is 0 Å². The lowest BCUT2D eigenvalue weighted by Crippen LogP contribution is -2.10. The van der Waals surface area contributed by atoms with E-state index in [-0.39, 0.29) is 11.9 Å². The highest BCUT2D eigenvalue weighted by molar-refractivity contribution is 5.96. The standard InChI is InChI=1S/C13H19NO2/c1-9(2)16-13-5-4-11(8-10(13)3)12(15)6-7-14/h4-5,8-9H,6-7,14H2,1-3H3. The van der Waals surface area contributed by atoms with Crippen molar-refractivity contribution in [1.29, 1.82) is 0 Å². The van der Waals surface area contributed by atoms with Crippen LogP contribution in [0, 0.1) is 6.92 Å². The van der Waals surface area contributed by atoms with Gasteiger partial charge in [0, 0.05) is 12.0 Å². The van der Waals surface area contributed by atoms with Crippen LogP contribution in [0.1, 0.15) is 36.2 Å². The predicted molar refractivity (Wildman–Crippen MR) is 64.9 cm³/mol. The van der Waals surface area contributed by atoms with E-state index in [0.717, 1.165) is 11.3 Å². The van der Waals surface area contributed by atoms with Crippen molar-refractivity contribution < 1.29 is 9.53 Å². The zero-order valence-corrected chi connectivity index (χ0v) is 10.1. The van der Waals surface area contributed by atoms with Gasteiger partial charge in [-0.2, -0.15) is 0 Å². The largest absolute Gasteiger partial charge is 0.491 e. The van der Waals surface area contributed by atoms with Gasteiger partial charge in [-0.1, -0.05) is 0 Å². The summed E-state index contributed by atoms with van der Waals surface area (Å²) in [4.78, 5) is 11.6. The third-order valence-corrected chi connectivity index (χ3v) is 2.23. The van der Waals surface area contributed by atoms with Crippen LogP contribution < -0.4 is 10.5 Å². The molecule has 0 aliphatic carbocycles. The lowest BCUT2D eigenvalue weighted by molar-refractivity contribution is 0.0985. The molecular formula is C13H19NO2. The zero-order chi connectivity index (χ0) is 12.1. The molecule has 0 saturated heterocycles. The van der Waals surface area contributed by atoms with Gasteiger partial charge in [-0.3, -0.25) is 4.79 Å². The van der Waals surface area contributed by atoms with Crippen molar-refractivity contribution in [2.24, 2.45) is 5.73 Å². The number of Topliss-reactive ketones (excluding diaryl/α,β-unsaturated/α-hetero) is 1. The molecule has 0 aromatic heterocycles. The second kappa shape index (κ2) is 5.66. The molecule has 0 bridgehead atoms. The second-order valence-corrected chi connectivity index (χ2v) is 4.11. The van der Waals surface area contributed by atoms with Crippen LogP contribution in [0.2, 0.25) is 0 Å². The molecule has 88 valence electrons. The first-order valence-corrected chi connectivity index (χ1v) is 5.55. The summed E-state index contributed by atoms with van der Waals surface area (Å²) >= 11 is 0. The van der Waals surface area contributed by atoms with Crippen LogP contribution in [-0.2, 0) is 0 Å². The summed E-state index contributed by atoms with van der Waals surface area (Å²) in [6.45, 7) is 6.29. The summed E-state index contributed by atoms with van der Waals surface area (Å²) < 4.78 is 5.60. The van der Waals surface area contributed by atoms with Gasteiger partial charge in [0.25, 0.3) is 0 Å². The molecule has 0 saturated carbocycles. The maximum Gasteiger partial charge on any atom is 0.164 e. The Labute approximate surface area is 96.6 Å². The second-order valence-electron chi connectivity index (χ2n) is 4.11. The molecule has 1 aromatic rings. The molecule has 3 heteroatoms. The highest BCUT2D eigenvalue weighted by Gasteiger charge is 2.08. The molecule has 0 atom stereocenters. The Hall–Kier alpha value is -1.35. The molecular weight excluding hydrogens is 202 g/mol. The number of aryl methyl sites for hydroxylation is 1. The highest BCUT2D eigenvalue weighted by atomic mass is 16.5. The van der Waals surface area contributed by atoms with E-state index in [2.05, 4.69) is 0 Å². The van der Waals surface area contributed by atoms with Crippen LogP contribution in [0.15, 0.2) is 18.2 Å². The van der Waals surface area contributed by atoms with Gasteiger partial charge in [0.05, 0.1) is 6.10 Å². The first-order chi connectivity index (χ1) is 7.54. The summed E-state index contributed by atoms with van der Waals surface area (Å²) in [5, 5.41) is 0. The summed E-state index contributed by atoms with van der Waals surface area (Å²) in [6, 6.07) is 5.50. The molecule has 0 unspecified atom stereocenters. The molecule has 0 aliphatic rings. The molecule has 0 aliphatic heterocycles. The van der Waals surface area contributed by atoms with E-state index in [1.165, 1.54) is 0 Å². The van der Waals surface area contributed by atoms with E-state index in [4.69, 9.17) is 10.5 Å². The zero-order valence-electron chi connectivity index (χ0n) is 10.1. The van der Waals surface area contributed by atoms with Gasteiger partial charge in [0.15, 0.2) is 5.78 Å². The Kier molecular flexibility index (Phi) is 4.50. The van der Waals surface area contributed by atoms with Crippen molar-refractivity contribution in [3.8, 4) is 5.75 Å². The fraction of sp³-hybridized carbons (Fsp3) is 0.462. The minimum Gasteiger partial charge on any atom is -0.491 e. The Morgan fingerprint density at radius 1 is 1.44 bits per heavy atom. The number of nitrogens with two attached hydrogens (primary N) is 1. The van der Waals surface area contributed by atoms with Gasteiger partial charge in [-0.15, -0.1) is 0 Å². The van der Waals surface area contributed by atoms with Crippen molar-refractivity contribution >= 4 is 5.78 Å². The number of carbonyl (C=O) groups excluding carboxylic acids is 1. The van der Waals surface area contributed by atoms with E-state index < -0.39 is 0 Å². The van der Waals surface area contributed by atoms with Gasteiger partial charge in [-0.25, -0.2) is 0 Å². The minimum absolute atomic E-state index is 0.0849. The number of ether oxygens (including phenoxy) is 1. The normalized spacial score (nSPS) is 10.6. The summed E-state index contributed by atoms with van der Waals surface area (Å²) in [7, 11) is 0. The summed E-state index contributed by atoms with van der Waals surface area (Å²) in [5.74, 6) is 0.918. The third-order valence-electron chi connectivity index (χ3n) is 2.23. The Balaban J connectivity index is 2.86. The highest BCUT2D eigenvalue weighted by Crippen LogP contribution is 2.21. The van der Waals surface area contributed by atoms with Crippen LogP contribution in [-0.4, -0.2) is 18.4 Å². The minimum atomic E-state index is 0.0849. The molecule has 0 amide bonds. The predicted octanol–water partition coefficient (Wildman–Crippen LogP) is 2.31. The molecule has 0 spiro atoms. The first-order valence-electron chi connectivity index (χ1n) is 5.55. The molecule has 1 rings (SSSR count). The lowest BCUT2D eigenvalue weighted by Gasteiger charge is -2.13. The monoisotopic (exact) mass is 221 g/mol. The number of hydrogen-bond acceptors (Lipinski definition) is 3. The number of hydrogen-bond donors (Lipinski definition) is 1. The van der Waals surface area contributed by atoms with Gasteiger partial charge in [-0.05, 0) is 51.1 Å². The Bertz CT molecular complexity index is 372. The van der Waals surface area contributed by atoms with Crippen molar-refractivity contribution in [2.75, 3.05) is 6.54 Å². The average Bonchev–Trinajstić information content (AvgIpc) is 2.20.